The number of nitrogens with zero attached hydrogens (tertiary/aromatic N) is 3. The zero-order valence-electron chi connectivity index (χ0n) is 15.1. The Hall–Kier alpha value is -2.07. The van der Waals surface area contributed by atoms with Gasteiger partial charge < -0.3 is 10.0 Å². The molecule has 0 aliphatic carbocycles. The van der Waals surface area contributed by atoms with Crippen LogP contribution in [0.15, 0.2) is 6.07 Å². The zero-order chi connectivity index (χ0) is 19.6. The third-order valence-corrected chi connectivity index (χ3v) is 7.50. The smallest absolute Gasteiger partial charge is 0.302 e. The molecule has 0 radical (unpaired) electrons. The summed E-state index contributed by atoms with van der Waals surface area (Å²) in [6, 6.07) is 1.20. The van der Waals surface area contributed by atoms with Gasteiger partial charge in [0.25, 0.3) is 5.69 Å². The van der Waals surface area contributed by atoms with Crippen molar-refractivity contribution in [2.75, 3.05) is 23.7 Å². The largest absolute Gasteiger partial charge is 0.392 e. The highest BCUT2D eigenvalue weighted by Gasteiger charge is 2.43. The van der Waals surface area contributed by atoms with Crippen LogP contribution in [0.25, 0.3) is 0 Å². The molecule has 26 heavy (non-hydrogen) atoms. The molecule has 0 bridgehead atoms. The molecule has 1 aliphatic rings. The number of aliphatic hydroxyl groups excluding tert-OH is 1. The summed E-state index contributed by atoms with van der Waals surface area (Å²) >= 11 is 0. The fraction of sp³-hybridized carbons (Fsp3) is 0.625. The summed E-state index contributed by atoms with van der Waals surface area (Å²) in [4.78, 5) is 23.6. The Kier molecular flexibility index (Phi) is 5.97. The van der Waals surface area contributed by atoms with Crippen LogP contribution in [0.4, 0.5) is 17.1 Å². The van der Waals surface area contributed by atoms with Crippen LogP contribution in [0.5, 0.6) is 0 Å². The van der Waals surface area contributed by atoms with Gasteiger partial charge in [0, 0.05) is 41.3 Å². The second-order valence-corrected chi connectivity index (χ2v) is 8.38. The summed E-state index contributed by atoms with van der Waals surface area (Å²) in [5.74, 6) is 0.302. The zero-order valence-corrected chi connectivity index (χ0v) is 15.9. The Morgan fingerprint density at radius 1 is 1.27 bits per heavy atom. The number of anilines is 1. The molecule has 1 saturated heterocycles. The molecular formula is C16H23N3O6S. The van der Waals surface area contributed by atoms with E-state index in [-0.39, 0.29) is 35.6 Å². The lowest BCUT2D eigenvalue weighted by Crippen LogP contribution is -2.53. The van der Waals surface area contributed by atoms with Crippen LogP contribution in [-0.4, -0.2) is 42.8 Å². The minimum absolute atomic E-state index is 0.0577. The van der Waals surface area contributed by atoms with Gasteiger partial charge in [-0.2, -0.15) is 0 Å². The van der Waals surface area contributed by atoms with Crippen LogP contribution >= 0.6 is 0 Å². The Bertz CT molecular complexity index is 763. The van der Waals surface area contributed by atoms with Gasteiger partial charge in [-0.1, -0.05) is 13.8 Å². The third kappa shape index (κ3) is 3.30. The van der Waals surface area contributed by atoms with Crippen LogP contribution in [-0.2, 0) is 17.4 Å². The molecular weight excluding hydrogens is 362 g/mol. The maximum Gasteiger partial charge on any atom is 0.302 e. The highest BCUT2D eigenvalue weighted by Crippen LogP contribution is 2.44. The van der Waals surface area contributed by atoms with Gasteiger partial charge >= 0.3 is 5.69 Å². The first-order valence-corrected chi connectivity index (χ1v) is 9.73. The highest BCUT2D eigenvalue weighted by atomic mass is 32.2. The Balaban J connectivity index is 2.71. The van der Waals surface area contributed by atoms with Gasteiger partial charge in [0.1, 0.15) is 0 Å². The average Bonchev–Trinajstić information content (AvgIpc) is 2.61. The molecule has 1 atom stereocenters. The summed E-state index contributed by atoms with van der Waals surface area (Å²) in [7, 11) is -1.10. The molecule has 10 heteroatoms. The van der Waals surface area contributed by atoms with Crippen molar-refractivity contribution in [2.45, 2.75) is 45.0 Å². The predicted molar refractivity (Wildman–Crippen MR) is 98.9 cm³/mol. The molecule has 1 unspecified atom stereocenters. The Morgan fingerprint density at radius 2 is 1.88 bits per heavy atom. The molecule has 1 aromatic rings. The van der Waals surface area contributed by atoms with Crippen molar-refractivity contribution < 1.29 is 19.2 Å². The second kappa shape index (κ2) is 7.67. The lowest BCUT2D eigenvalue weighted by Gasteiger charge is -2.41. The van der Waals surface area contributed by atoms with Crippen LogP contribution in [0, 0.1) is 27.2 Å². The predicted octanol–water partition coefficient (Wildman–Crippen LogP) is 2.43. The first kappa shape index (κ1) is 20.2. The fourth-order valence-corrected chi connectivity index (χ4v) is 5.29. The first-order valence-electron chi connectivity index (χ1n) is 8.42. The van der Waals surface area contributed by atoms with Gasteiger partial charge in [-0.15, -0.1) is 0 Å². The quantitative estimate of drug-likeness (QED) is 0.588. The molecule has 1 N–H and O–H groups in total. The van der Waals surface area contributed by atoms with E-state index >= 15 is 0 Å². The maximum atomic E-state index is 12.5. The molecule has 2 rings (SSSR count). The van der Waals surface area contributed by atoms with E-state index in [2.05, 4.69) is 0 Å². The van der Waals surface area contributed by atoms with Crippen LogP contribution < -0.4 is 4.90 Å². The lowest BCUT2D eigenvalue weighted by molar-refractivity contribution is -0.393. The maximum absolute atomic E-state index is 12.5. The summed E-state index contributed by atoms with van der Waals surface area (Å²) < 4.78 is 12.0. The van der Waals surface area contributed by atoms with Gasteiger partial charge in [0.2, 0.25) is 0 Å². The van der Waals surface area contributed by atoms with Crippen molar-refractivity contribution in [3.05, 3.63) is 37.4 Å². The lowest BCUT2D eigenvalue weighted by atomic mass is 9.98. The third-order valence-electron chi connectivity index (χ3n) is 5.28. The number of hydrogen-bond acceptors (Lipinski definition) is 7. The Labute approximate surface area is 153 Å². The van der Waals surface area contributed by atoms with E-state index in [1.165, 1.54) is 13.0 Å². The number of rotatable bonds is 6. The second-order valence-electron chi connectivity index (χ2n) is 6.41. The Morgan fingerprint density at radius 3 is 2.35 bits per heavy atom. The standard InChI is InChI=1S/C16H23N3O6S/c1-4-16(5-2)10-17(6-7-26(16)25)15-13(18(21)22)8-12(9-20)11(3)14(15)19(23)24/h8,20H,4-7,9-10H2,1-3H3. The highest BCUT2D eigenvalue weighted by molar-refractivity contribution is 7.86. The van der Waals surface area contributed by atoms with Crippen molar-refractivity contribution in [1.29, 1.82) is 0 Å². The van der Waals surface area contributed by atoms with E-state index in [4.69, 9.17) is 0 Å². The van der Waals surface area contributed by atoms with E-state index < -0.39 is 37.7 Å². The normalized spacial score (nSPS) is 19.4. The average molecular weight is 385 g/mol. The van der Waals surface area contributed by atoms with Gasteiger partial charge in [-0.25, -0.2) is 0 Å². The van der Waals surface area contributed by atoms with E-state index in [1.54, 1.807) is 4.90 Å². The molecule has 144 valence electrons. The number of aliphatic hydroxyl groups is 1. The molecule has 0 spiro atoms. The minimum atomic E-state index is -1.10. The first-order chi connectivity index (χ1) is 12.2. The number of hydrogen-bond donors (Lipinski definition) is 1. The van der Waals surface area contributed by atoms with Crippen molar-refractivity contribution in [2.24, 2.45) is 0 Å². The van der Waals surface area contributed by atoms with Gasteiger partial charge in [-0.3, -0.25) is 24.4 Å². The summed E-state index contributed by atoms with van der Waals surface area (Å²) in [6.45, 7) is 5.28. The SMILES string of the molecule is CCC1(CC)CN(c2c([N+](=O)[O-])cc(CO)c(C)c2[N+](=O)[O-])CCS1=O. The van der Waals surface area contributed by atoms with E-state index in [9.17, 15) is 29.5 Å². The van der Waals surface area contributed by atoms with E-state index in [0.29, 0.717) is 18.6 Å². The van der Waals surface area contributed by atoms with Gasteiger partial charge in [0.15, 0.2) is 5.69 Å². The molecule has 1 aliphatic heterocycles. The number of benzene rings is 1. The molecule has 1 aromatic carbocycles. The molecule has 1 fully saturated rings. The minimum Gasteiger partial charge on any atom is -0.392 e. The summed E-state index contributed by atoms with van der Waals surface area (Å²) in [5, 5.41) is 32.7. The molecule has 0 amide bonds. The number of nitro groups is 2. The van der Waals surface area contributed by atoms with Crippen molar-refractivity contribution in [3.63, 3.8) is 0 Å². The van der Waals surface area contributed by atoms with Gasteiger partial charge in [0.05, 0.1) is 21.2 Å². The van der Waals surface area contributed by atoms with E-state index in [1.807, 2.05) is 13.8 Å². The molecule has 9 nitrogen and oxygen atoms in total. The van der Waals surface area contributed by atoms with Crippen LogP contribution in [0.3, 0.4) is 0 Å². The van der Waals surface area contributed by atoms with Gasteiger partial charge in [-0.05, 0) is 25.3 Å². The van der Waals surface area contributed by atoms with E-state index in [0.717, 1.165) is 0 Å². The van der Waals surface area contributed by atoms with Crippen molar-refractivity contribution in [1.82, 2.24) is 0 Å². The molecule has 1 heterocycles. The topological polar surface area (TPSA) is 127 Å². The molecule has 0 aromatic heterocycles. The van der Waals surface area contributed by atoms with Crippen molar-refractivity contribution in [3.8, 4) is 0 Å². The van der Waals surface area contributed by atoms with Crippen LogP contribution in [0.1, 0.15) is 37.8 Å². The summed E-state index contributed by atoms with van der Waals surface area (Å²) in [5.41, 5.74) is -0.455. The van der Waals surface area contributed by atoms with Crippen LogP contribution in [0.2, 0.25) is 0 Å². The van der Waals surface area contributed by atoms with Crippen molar-refractivity contribution >= 4 is 27.9 Å². The fourth-order valence-electron chi connectivity index (χ4n) is 3.53. The number of nitro benzene ring substituents is 2. The molecule has 0 saturated carbocycles. The summed E-state index contributed by atoms with van der Waals surface area (Å²) in [6.07, 6.45) is 1.23. The monoisotopic (exact) mass is 385 g/mol.